The number of benzene rings is 3. The van der Waals surface area contributed by atoms with Crippen LogP contribution in [0.15, 0.2) is 76.5 Å². The molecule has 0 radical (unpaired) electrons. The quantitative estimate of drug-likeness (QED) is 0.407. The standard InChI is InChI=1S/C30H32FN3O7S3/c1-33(2)43(38,39)25-5-3-4-23(19-25)32-29(35)21-8-13-27-26(18-21)30(14-16-42(36,37)17-15-30)28(20-6-7-20)34(27)44(40,41)24-11-9-22(31)10-12-24/h3-5,8-13,18-20,28H,6-7,14-17H2,1-2H3,(H,32,35). The average Bonchev–Trinajstić information content (AvgIpc) is 3.77. The second-order valence-corrected chi connectivity index (χ2v) is 18.1. The highest BCUT2D eigenvalue weighted by molar-refractivity contribution is 7.93. The Hall–Kier alpha value is -3.33. The minimum absolute atomic E-state index is 0.00269. The van der Waals surface area contributed by atoms with Crippen molar-refractivity contribution < 1.29 is 34.4 Å². The van der Waals surface area contributed by atoms with Gasteiger partial charge >= 0.3 is 0 Å². The van der Waals surface area contributed by atoms with Crippen LogP contribution in [0.5, 0.6) is 0 Å². The van der Waals surface area contributed by atoms with Crippen LogP contribution in [0.4, 0.5) is 15.8 Å². The molecule has 3 aliphatic rings. The second kappa shape index (κ2) is 10.6. The van der Waals surface area contributed by atoms with Crippen LogP contribution < -0.4 is 9.62 Å². The number of rotatable bonds is 7. The van der Waals surface area contributed by atoms with E-state index < -0.39 is 53.1 Å². The summed E-state index contributed by atoms with van der Waals surface area (Å²) in [7, 11) is -8.42. The number of halogens is 1. The topological polar surface area (TPSA) is 138 Å². The van der Waals surface area contributed by atoms with Crippen LogP contribution in [-0.2, 0) is 35.3 Å². The number of carbonyl (C=O) groups is 1. The van der Waals surface area contributed by atoms with Crippen LogP contribution in [0.3, 0.4) is 0 Å². The molecule has 3 aromatic rings. The Morgan fingerprint density at radius 3 is 2.20 bits per heavy atom. The van der Waals surface area contributed by atoms with Crippen molar-refractivity contribution in [2.75, 3.05) is 35.2 Å². The van der Waals surface area contributed by atoms with Crippen molar-refractivity contribution in [3.63, 3.8) is 0 Å². The lowest BCUT2D eigenvalue weighted by Crippen LogP contribution is -2.52. The van der Waals surface area contributed by atoms with Crippen molar-refractivity contribution in [2.45, 2.75) is 46.9 Å². The summed E-state index contributed by atoms with van der Waals surface area (Å²) in [5.74, 6) is -1.32. The van der Waals surface area contributed by atoms with Gasteiger partial charge in [0.25, 0.3) is 15.9 Å². The molecule has 1 saturated heterocycles. The lowest BCUT2D eigenvalue weighted by Gasteiger charge is -2.41. The molecule has 2 fully saturated rings. The number of nitrogens with one attached hydrogen (secondary N) is 1. The monoisotopic (exact) mass is 661 g/mol. The van der Waals surface area contributed by atoms with E-state index in [-0.39, 0.29) is 51.3 Å². The van der Waals surface area contributed by atoms with Gasteiger partial charge < -0.3 is 5.32 Å². The zero-order valence-electron chi connectivity index (χ0n) is 24.1. The minimum Gasteiger partial charge on any atom is -0.322 e. The summed E-state index contributed by atoms with van der Waals surface area (Å²) in [6.45, 7) is 0. The summed E-state index contributed by atoms with van der Waals surface area (Å²) >= 11 is 0. The third-order valence-electron chi connectivity index (χ3n) is 8.88. The van der Waals surface area contributed by atoms with Crippen LogP contribution >= 0.6 is 0 Å². The Bertz CT molecular complexity index is 1960. The fraction of sp³-hybridized carbons (Fsp3) is 0.367. The molecule has 2 heterocycles. The molecule has 1 amide bonds. The predicted octanol–water partition coefficient (Wildman–Crippen LogP) is 3.76. The van der Waals surface area contributed by atoms with Crippen molar-refractivity contribution in [2.24, 2.45) is 5.92 Å². The first-order valence-corrected chi connectivity index (χ1v) is 18.8. The lowest BCUT2D eigenvalue weighted by atomic mass is 9.70. The van der Waals surface area contributed by atoms with Gasteiger partial charge in [-0.25, -0.2) is 33.9 Å². The van der Waals surface area contributed by atoms with E-state index in [2.05, 4.69) is 5.32 Å². The van der Waals surface area contributed by atoms with Crippen molar-refractivity contribution >= 4 is 47.2 Å². The lowest BCUT2D eigenvalue weighted by molar-refractivity contribution is 0.102. The van der Waals surface area contributed by atoms with Gasteiger partial charge in [0.1, 0.15) is 15.7 Å². The number of hydrogen-bond donors (Lipinski definition) is 1. The van der Waals surface area contributed by atoms with Gasteiger partial charge in [-0.05, 0) is 97.8 Å². The molecule has 1 unspecified atom stereocenters. The number of hydrogen-bond acceptors (Lipinski definition) is 7. The third-order valence-corrected chi connectivity index (χ3v) is 14.2. The minimum atomic E-state index is -4.18. The molecular weight excluding hydrogens is 630 g/mol. The molecule has 0 bridgehead atoms. The maximum atomic E-state index is 14.2. The molecule has 1 spiro atoms. The molecule has 0 aromatic heterocycles. The Labute approximate surface area is 256 Å². The predicted molar refractivity (Wildman–Crippen MR) is 164 cm³/mol. The molecule has 234 valence electrons. The highest BCUT2D eigenvalue weighted by Gasteiger charge is 2.60. The first kappa shape index (κ1) is 30.7. The summed E-state index contributed by atoms with van der Waals surface area (Å²) in [5.41, 5.74) is 0.597. The Kier molecular flexibility index (Phi) is 7.42. The van der Waals surface area contributed by atoms with Gasteiger partial charge in [0.15, 0.2) is 0 Å². The summed E-state index contributed by atoms with van der Waals surface area (Å²) < 4.78 is 94.9. The largest absolute Gasteiger partial charge is 0.322 e. The van der Waals surface area contributed by atoms with Gasteiger partial charge in [0, 0.05) is 30.8 Å². The van der Waals surface area contributed by atoms with Crippen molar-refractivity contribution in [1.82, 2.24) is 4.31 Å². The molecule has 14 heteroatoms. The van der Waals surface area contributed by atoms with Gasteiger partial charge in [-0.2, -0.15) is 0 Å². The number of anilines is 2. The number of carbonyl (C=O) groups excluding carboxylic acids is 1. The van der Waals surface area contributed by atoms with Gasteiger partial charge in [0.2, 0.25) is 10.0 Å². The second-order valence-electron chi connectivity index (χ2n) is 11.8. The van der Waals surface area contributed by atoms with E-state index in [1.807, 2.05) is 0 Å². The summed E-state index contributed by atoms with van der Waals surface area (Å²) in [4.78, 5) is 13.4. The first-order valence-electron chi connectivity index (χ1n) is 14.1. The highest BCUT2D eigenvalue weighted by Crippen LogP contribution is 2.59. The maximum Gasteiger partial charge on any atom is 0.264 e. The fourth-order valence-electron chi connectivity index (χ4n) is 6.47. The van der Waals surface area contributed by atoms with E-state index in [0.717, 1.165) is 29.3 Å². The molecule has 44 heavy (non-hydrogen) atoms. The number of fused-ring (bicyclic) bond motifs is 2. The summed E-state index contributed by atoms with van der Waals surface area (Å²) in [5, 5.41) is 2.74. The van der Waals surface area contributed by atoms with Gasteiger partial charge in [-0.15, -0.1) is 0 Å². The van der Waals surface area contributed by atoms with E-state index >= 15 is 0 Å². The SMILES string of the molecule is CN(C)S(=O)(=O)c1cccc(NC(=O)c2ccc3c(c2)C2(CCS(=O)(=O)CC2)C(C2CC2)N3S(=O)(=O)c2ccc(F)cc2)c1. The van der Waals surface area contributed by atoms with Gasteiger partial charge in [-0.1, -0.05) is 6.07 Å². The molecular formula is C30H32FN3O7S3. The average molecular weight is 662 g/mol. The maximum absolute atomic E-state index is 14.2. The highest BCUT2D eigenvalue weighted by atomic mass is 32.2. The zero-order chi connectivity index (χ0) is 31.7. The first-order chi connectivity index (χ1) is 20.7. The number of sulfone groups is 1. The van der Waals surface area contributed by atoms with Crippen LogP contribution in [0.1, 0.15) is 41.6 Å². The molecule has 3 aromatic carbocycles. The number of nitrogens with zero attached hydrogens (tertiary/aromatic N) is 2. The summed E-state index contributed by atoms with van der Waals surface area (Å²) in [6, 6.07) is 14.6. The van der Waals surface area contributed by atoms with Crippen LogP contribution in [0.25, 0.3) is 0 Å². The van der Waals surface area contributed by atoms with Crippen LogP contribution in [0, 0.1) is 11.7 Å². The van der Waals surface area contributed by atoms with E-state index in [9.17, 15) is 34.4 Å². The molecule has 10 nitrogen and oxygen atoms in total. The van der Waals surface area contributed by atoms with E-state index in [4.69, 9.17) is 0 Å². The van der Waals surface area contributed by atoms with E-state index in [1.165, 1.54) is 54.8 Å². The smallest absolute Gasteiger partial charge is 0.264 e. The molecule has 1 N–H and O–H groups in total. The number of sulfonamides is 2. The van der Waals surface area contributed by atoms with Crippen molar-refractivity contribution in [3.05, 3.63) is 83.7 Å². The van der Waals surface area contributed by atoms with Gasteiger partial charge in [-0.3, -0.25) is 9.10 Å². The van der Waals surface area contributed by atoms with E-state index in [1.54, 1.807) is 18.2 Å². The Balaban J connectivity index is 1.43. The summed E-state index contributed by atoms with van der Waals surface area (Å²) in [6.07, 6.45) is 1.97. The van der Waals surface area contributed by atoms with Crippen LogP contribution in [-0.4, -0.2) is 67.1 Å². The van der Waals surface area contributed by atoms with Crippen molar-refractivity contribution in [1.29, 1.82) is 0 Å². The molecule has 1 saturated carbocycles. The third kappa shape index (κ3) is 5.21. The fourth-order valence-corrected chi connectivity index (χ4v) is 10.8. The van der Waals surface area contributed by atoms with E-state index in [0.29, 0.717) is 11.3 Å². The van der Waals surface area contributed by atoms with Gasteiger partial charge in [0.05, 0.1) is 33.0 Å². The number of amides is 1. The zero-order valence-corrected chi connectivity index (χ0v) is 26.6. The molecule has 2 aliphatic heterocycles. The van der Waals surface area contributed by atoms with Crippen molar-refractivity contribution in [3.8, 4) is 0 Å². The van der Waals surface area contributed by atoms with Crippen LogP contribution in [0.2, 0.25) is 0 Å². The normalized spacial score (nSPS) is 20.9. The molecule has 6 rings (SSSR count). The Morgan fingerprint density at radius 1 is 0.932 bits per heavy atom. The molecule has 1 aliphatic carbocycles. The molecule has 1 atom stereocenters. The Morgan fingerprint density at radius 2 is 1.59 bits per heavy atom.